The van der Waals surface area contributed by atoms with Gasteiger partial charge in [-0.3, -0.25) is 4.79 Å². The van der Waals surface area contributed by atoms with Crippen LogP contribution in [-0.2, 0) is 4.79 Å². The molecule has 2 rings (SSSR count). The first-order chi connectivity index (χ1) is 9.47. The van der Waals surface area contributed by atoms with Gasteiger partial charge in [0.05, 0.1) is 0 Å². The van der Waals surface area contributed by atoms with Crippen LogP contribution in [0.1, 0.15) is 6.92 Å². The van der Waals surface area contributed by atoms with Crippen molar-refractivity contribution in [3.63, 3.8) is 0 Å². The zero-order chi connectivity index (χ0) is 14.7. The van der Waals surface area contributed by atoms with E-state index in [4.69, 9.17) is 0 Å². The van der Waals surface area contributed by atoms with Crippen LogP contribution in [0.5, 0.6) is 0 Å². The summed E-state index contributed by atoms with van der Waals surface area (Å²) in [4.78, 5) is 14.7. The van der Waals surface area contributed by atoms with Crippen LogP contribution < -0.4 is 5.32 Å². The van der Waals surface area contributed by atoms with Crippen molar-refractivity contribution in [2.75, 3.05) is 19.4 Å². The first-order valence-corrected chi connectivity index (χ1v) is 6.07. The molecule has 1 aromatic carbocycles. The molecule has 0 saturated carbocycles. The average Bonchev–Trinajstić information content (AvgIpc) is 2.69. The molecule has 1 aliphatic rings. The highest BCUT2D eigenvalue weighted by Crippen LogP contribution is 2.24. The molecule has 20 heavy (non-hydrogen) atoms. The number of hydrogen-bond donors (Lipinski definition) is 1. The summed E-state index contributed by atoms with van der Waals surface area (Å²) in [6, 6.07) is 4.17. The molecule has 1 heterocycles. The summed E-state index contributed by atoms with van der Waals surface area (Å²) >= 11 is 0. The highest BCUT2D eigenvalue weighted by Gasteiger charge is 2.19. The summed E-state index contributed by atoms with van der Waals surface area (Å²) in [6.07, 6.45) is 3.42. The van der Waals surface area contributed by atoms with E-state index in [0.717, 1.165) is 0 Å². The highest BCUT2D eigenvalue weighted by molar-refractivity contribution is 5.89. The lowest BCUT2D eigenvalue weighted by Crippen LogP contribution is -2.31. The van der Waals surface area contributed by atoms with Gasteiger partial charge in [0.2, 0.25) is 12.2 Å². The van der Waals surface area contributed by atoms with Crippen LogP contribution in [0.2, 0.25) is 0 Å². The minimum atomic E-state index is -0.487. The van der Waals surface area contributed by atoms with Crippen molar-refractivity contribution in [2.24, 2.45) is 10.2 Å². The van der Waals surface area contributed by atoms with Crippen LogP contribution in [0, 0.1) is 5.82 Å². The van der Waals surface area contributed by atoms with Gasteiger partial charge in [0, 0.05) is 39.1 Å². The Labute approximate surface area is 116 Å². The molecule has 7 heteroatoms. The first-order valence-electron chi connectivity index (χ1n) is 6.07. The van der Waals surface area contributed by atoms with Crippen LogP contribution in [0.15, 0.2) is 40.8 Å². The molecule has 0 fully saturated rings. The number of carbonyl (C=O) groups is 1. The lowest BCUT2D eigenvalue weighted by molar-refractivity contribution is -0.114. The molecule has 0 aliphatic carbocycles. The molecule has 0 spiro atoms. The van der Waals surface area contributed by atoms with Gasteiger partial charge in [-0.1, -0.05) is 0 Å². The smallest absolute Gasteiger partial charge is 0.221 e. The minimum Gasteiger partial charge on any atom is -0.340 e. The fourth-order valence-corrected chi connectivity index (χ4v) is 1.80. The minimum absolute atomic E-state index is 0.0879. The molecule has 0 aromatic heterocycles. The lowest BCUT2D eigenvalue weighted by Gasteiger charge is -2.21. The largest absolute Gasteiger partial charge is 0.340 e. The third kappa shape index (κ3) is 3.11. The summed E-state index contributed by atoms with van der Waals surface area (Å²) in [5, 5.41) is 10.6. The number of benzene rings is 1. The molecule has 1 amide bonds. The summed E-state index contributed by atoms with van der Waals surface area (Å²) in [5.74, 6) is -0.710. The van der Waals surface area contributed by atoms with E-state index < -0.39 is 5.82 Å². The molecule has 0 bridgehead atoms. The molecular formula is C13H16FN5O. The number of anilines is 1. The van der Waals surface area contributed by atoms with Crippen molar-refractivity contribution >= 4 is 17.3 Å². The Kier molecular flexibility index (Phi) is 3.97. The second-order valence-electron chi connectivity index (χ2n) is 4.54. The van der Waals surface area contributed by atoms with Gasteiger partial charge in [0.1, 0.15) is 5.69 Å². The second kappa shape index (κ2) is 5.68. The molecule has 6 nitrogen and oxygen atoms in total. The van der Waals surface area contributed by atoms with Crippen LogP contribution >= 0.6 is 0 Å². The highest BCUT2D eigenvalue weighted by atomic mass is 19.1. The van der Waals surface area contributed by atoms with Gasteiger partial charge in [-0.25, -0.2) is 4.39 Å². The molecule has 0 atom stereocenters. The Hall–Kier alpha value is -2.44. The number of amides is 1. The predicted octanol–water partition coefficient (Wildman–Crippen LogP) is 2.50. The van der Waals surface area contributed by atoms with Gasteiger partial charge < -0.3 is 15.1 Å². The number of azo groups is 1. The molecule has 0 unspecified atom stereocenters. The van der Waals surface area contributed by atoms with E-state index in [9.17, 15) is 9.18 Å². The van der Waals surface area contributed by atoms with E-state index in [-0.39, 0.29) is 17.9 Å². The number of halogens is 1. The lowest BCUT2D eigenvalue weighted by atomic mass is 10.2. The second-order valence-corrected chi connectivity index (χ2v) is 4.54. The van der Waals surface area contributed by atoms with Gasteiger partial charge in [-0.2, -0.15) is 0 Å². The van der Waals surface area contributed by atoms with Gasteiger partial charge >= 0.3 is 0 Å². The fourth-order valence-electron chi connectivity index (χ4n) is 1.80. The standard InChI is InChI=1S/C13H16FN5O/c1-9(20)15-10-4-5-11(14)12(8-10)16-17-13-18(2)6-7-19(13)3/h4-8,13H,1-3H3,(H,15,20). The van der Waals surface area contributed by atoms with E-state index in [1.807, 2.05) is 36.3 Å². The zero-order valence-corrected chi connectivity index (χ0v) is 11.5. The Morgan fingerprint density at radius 2 is 1.95 bits per heavy atom. The normalized spacial score (nSPS) is 15.4. The molecule has 106 valence electrons. The maximum atomic E-state index is 13.7. The number of rotatable bonds is 3. The van der Waals surface area contributed by atoms with Crippen LogP contribution in [0.3, 0.4) is 0 Å². The van der Waals surface area contributed by atoms with E-state index >= 15 is 0 Å². The number of nitrogens with zero attached hydrogens (tertiary/aromatic N) is 4. The van der Waals surface area contributed by atoms with Crippen molar-refractivity contribution in [1.29, 1.82) is 0 Å². The summed E-state index contributed by atoms with van der Waals surface area (Å²) in [6.45, 7) is 1.39. The van der Waals surface area contributed by atoms with Crippen LogP contribution in [0.4, 0.5) is 15.8 Å². The van der Waals surface area contributed by atoms with Crippen molar-refractivity contribution in [1.82, 2.24) is 9.80 Å². The fraction of sp³-hybridized carbons (Fsp3) is 0.308. The quantitative estimate of drug-likeness (QED) is 0.863. The number of carbonyl (C=O) groups excluding carboxylic acids is 1. The van der Waals surface area contributed by atoms with Gasteiger partial charge in [0.15, 0.2) is 5.82 Å². The topological polar surface area (TPSA) is 60.3 Å². The van der Waals surface area contributed by atoms with Gasteiger partial charge in [-0.15, -0.1) is 10.2 Å². The average molecular weight is 277 g/mol. The molecular weight excluding hydrogens is 261 g/mol. The maximum Gasteiger partial charge on any atom is 0.221 e. The number of hydrogen-bond acceptors (Lipinski definition) is 5. The third-order valence-electron chi connectivity index (χ3n) is 2.80. The summed E-state index contributed by atoms with van der Waals surface area (Å²) < 4.78 is 13.7. The maximum absolute atomic E-state index is 13.7. The van der Waals surface area contributed by atoms with Crippen molar-refractivity contribution in [3.8, 4) is 0 Å². The van der Waals surface area contributed by atoms with Crippen molar-refractivity contribution in [3.05, 3.63) is 36.4 Å². The molecule has 1 N–H and O–H groups in total. The Morgan fingerprint density at radius 3 is 2.55 bits per heavy atom. The van der Waals surface area contributed by atoms with E-state index in [1.165, 1.54) is 25.1 Å². The molecule has 0 radical (unpaired) electrons. The van der Waals surface area contributed by atoms with Gasteiger partial charge in [-0.05, 0) is 18.2 Å². The zero-order valence-electron chi connectivity index (χ0n) is 11.5. The van der Waals surface area contributed by atoms with E-state index in [0.29, 0.717) is 5.69 Å². The summed E-state index contributed by atoms with van der Waals surface area (Å²) in [5.41, 5.74) is 0.573. The number of nitrogens with one attached hydrogen (secondary N) is 1. The Bertz CT molecular complexity index is 560. The van der Waals surface area contributed by atoms with Gasteiger partial charge in [0.25, 0.3) is 0 Å². The van der Waals surface area contributed by atoms with E-state index in [2.05, 4.69) is 15.5 Å². The van der Waals surface area contributed by atoms with Crippen molar-refractivity contribution < 1.29 is 9.18 Å². The summed E-state index contributed by atoms with van der Waals surface area (Å²) in [7, 11) is 3.71. The third-order valence-corrected chi connectivity index (χ3v) is 2.80. The Balaban J connectivity index is 2.18. The SMILES string of the molecule is CC(=O)Nc1ccc(F)c(N=NC2N(C)C=CN2C)c1. The van der Waals surface area contributed by atoms with E-state index in [1.54, 1.807) is 0 Å². The molecule has 0 saturated heterocycles. The molecule has 1 aliphatic heterocycles. The Morgan fingerprint density at radius 1 is 1.30 bits per heavy atom. The first kappa shape index (κ1) is 14.0. The predicted molar refractivity (Wildman–Crippen MR) is 73.7 cm³/mol. The monoisotopic (exact) mass is 277 g/mol. The van der Waals surface area contributed by atoms with Crippen LogP contribution in [0.25, 0.3) is 0 Å². The molecule has 1 aromatic rings. The van der Waals surface area contributed by atoms with Crippen LogP contribution in [-0.4, -0.2) is 36.1 Å². The van der Waals surface area contributed by atoms with Crippen molar-refractivity contribution in [2.45, 2.75) is 13.2 Å².